The predicted octanol–water partition coefficient (Wildman–Crippen LogP) is 4.20. The minimum Gasteiger partial charge on any atom is -0.303 e. The van der Waals surface area contributed by atoms with Gasteiger partial charge in [-0.15, -0.1) is 17.0 Å². The molecule has 1 heterocycles. The molecule has 3 rings (SSSR count). The Kier molecular flexibility index (Phi) is 4.42. The first kappa shape index (κ1) is 15.1. The van der Waals surface area contributed by atoms with E-state index in [0.717, 1.165) is 12.0 Å². The lowest BCUT2D eigenvalue weighted by Crippen LogP contribution is -2.58. The van der Waals surface area contributed by atoms with Gasteiger partial charge >= 0.3 is 0 Å². The first-order chi connectivity index (χ1) is 8.73. The number of nitrogens with zero attached hydrogens (tertiary/aromatic N) is 1. The number of hydrogen-bond acceptors (Lipinski definition) is 1. The molecule has 0 radical (unpaired) electrons. The molecule has 1 aromatic carbocycles. The smallest absolute Gasteiger partial charge is 0.0169 e. The summed E-state index contributed by atoms with van der Waals surface area (Å²) in [5.74, 6) is 0.844. The van der Waals surface area contributed by atoms with Crippen LogP contribution in [0.2, 0.25) is 0 Å². The van der Waals surface area contributed by atoms with Crippen molar-refractivity contribution in [2.75, 3.05) is 13.6 Å². The molecule has 1 aromatic rings. The van der Waals surface area contributed by atoms with Gasteiger partial charge in [0, 0.05) is 11.5 Å². The molecule has 2 bridgehead atoms. The molecule has 1 saturated heterocycles. The van der Waals surface area contributed by atoms with Gasteiger partial charge in [-0.05, 0) is 49.9 Å². The SMILES string of the molecule is Br.CCC1C2Cc3ccccc3C1(CC)CCN2C. The molecule has 106 valence electrons. The van der Waals surface area contributed by atoms with Gasteiger partial charge in [0.25, 0.3) is 0 Å². The van der Waals surface area contributed by atoms with Crippen molar-refractivity contribution >= 4 is 17.0 Å². The highest BCUT2D eigenvalue weighted by atomic mass is 79.9. The van der Waals surface area contributed by atoms with Crippen molar-refractivity contribution in [3.8, 4) is 0 Å². The van der Waals surface area contributed by atoms with Crippen LogP contribution in [0, 0.1) is 5.92 Å². The van der Waals surface area contributed by atoms with E-state index in [0.29, 0.717) is 5.41 Å². The number of likely N-dealkylation sites (N-methyl/N-ethyl adjacent to an activating group) is 1. The Labute approximate surface area is 128 Å². The zero-order chi connectivity index (χ0) is 12.8. The van der Waals surface area contributed by atoms with Gasteiger partial charge in [-0.25, -0.2) is 0 Å². The van der Waals surface area contributed by atoms with Crippen LogP contribution in [-0.4, -0.2) is 24.5 Å². The molecule has 1 fully saturated rings. The normalized spacial score (nSPS) is 33.4. The lowest BCUT2D eigenvalue weighted by molar-refractivity contribution is 0.0259. The van der Waals surface area contributed by atoms with Crippen molar-refractivity contribution in [2.45, 2.75) is 51.0 Å². The Morgan fingerprint density at radius 2 is 2.00 bits per heavy atom. The van der Waals surface area contributed by atoms with E-state index in [2.05, 4.69) is 50.1 Å². The Balaban J connectivity index is 0.00000133. The molecule has 0 spiro atoms. The summed E-state index contributed by atoms with van der Waals surface area (Å²) < 4.78 is 0. The van der Waals surface area contributed by atoms with Crippen LogP contribution < -0.4 is 0 Å². The van der Waals surface area contributed by atoms with Crippen molar-refractivity contribution in [3.05, 3.63) is 35.4 Å². The molecular formula is C17H26BrN. The maximum absolute atomic E-state index is 2.61. The van der Waals surface area contributed by atoms with Gasteiger partial charge in [-0.3, -0.25) is 0 Å². The maximum Gasteiger partial charge on any atom is 0.0169 e. The number of rotatable bonds is 2. The van der Waals surface area contributed by atoms with Crippen molar-refractivity contribution < 1.29 is 0 Å². The lowest BCUT2D eigenvalue weighted by atomic mass is 9.55. The largest absolute Gasteiger partial charge is 0.303 e. The van der Waals surface area contributed by atoms with E-state index in [1.807, 2.05) is 0 Å². The quantitative estimate of drug-likeness (QED) is 0.788. The van der Waals surface area contributed by atoms with Gasteiger partial charge < -0.3 is 4.90 Å². The van der Waals surface area contributed by atoms with Crippen LogP contribution >= 0.6 is 17.0 Å². The highest BCUT2D eigenvalue weighted by Crippen LogP contribution is 2.51. The summed E-state index contributed by atoms with van der Waals surface area (Å²) in [6.45, 7) is 6.05. The standard InChI is InChI=1S/C17H25N.BrH/c1-4-14-16-12-13-8-6-7-9-15(13)17(14,5-2)10-11-18(16)3;/h6-9,14,16H,4-5,10-12H2,1-3H3;1H. The molecule has 1 aliphatic carbocycles. The van der Waals surface area contributed by atoms with E-state index < -0.39 is 0 Å². The summed E-state index contributed by atoms with van der Waals surface area (Å²) in [6, 6.07) is 9.98. The van der Waals surface area contributed by atoms with Crippen LogP contribution in [0.3, 0.4) is 0 Å². The minimum absolute atomic E-state index is 0. The average molecular weight is 324 g/mol. The van der Waals surface area contributed by atoms with Crippen molar-refractivity contribution in [2.24, 2.45) is 5.92 Å². The third-order valence-corrected chi connectivity index (χ3v) is 5.70. The van der Waals surface area contributed by atoms with Gasteiger partial charge in [-0.1, -0.05) is 44.5 Å². The van der Waals surface area contributed by atoms with Crippen molar-refractivity contribution in [1.29, 1.82) is 0 Å². The van der Waals surface area contributed by atoms with Crippen molar-refractivity contribution in [3.63, 3.8) is 0 Å². The third-order valence-electron chi connectivity index (χ3n) is 5.70. The van der Waals surface area contributed by atoms with Crippen molar-refractivity contribution in [1.82, 2.24) is 4.90 Å². The highest BCUT2D eigenvalue weighted by Gasteiger charge is 2.50. The molecule has 0 aromatic heterocycles. The molecule has 0 N–H and O–H groups in total. The van der Waals surface area contributed by atoms with E-state index >= 15 is 0 Å². The van der Waals surface area contributed by atoms with Crippen LogP contribution in [0.15, 0.2) is 24.3 Å². The summed E-state index contributed by atoms with van der Waals surface area (Å²) in [5.41, 5.74) is 3.74. The first-order valence-electron chi connectivity index (χ1n) is 7.51. The molecule has 1 nitrogen and oxygen atoms in total. The summed E-state index contributed by atoms with van der Waals surface area (Å²) in [6.07, 6.45) is 5.21. The first-order valence-corrected chi connectivity index (χ1v) is 7.51. The predicted molar refractivity (Wildman–Crippen MR) is 87.3 cm³/mol. The van der Waals surface area contributed by atoms with E-state index in [1.54, 1.807) is 11.1 Å². The van der Waals surface area contributed by atoms with E-state index in [9.17, 15) is 0 Å². The topological polar surface area (TPSA) is 3.24 Å². The monoisotopic (exact) mass is 323 g/mol. The second-order valence-corrected chi connectivity index (χ2v) is 6.18. The number of fused-ring (bicyclic) bond motifs is 4. The van der Waals surface area contributed by atoms with Crippen LogP contribution in [0.5, 0.6) is 0 Å². The van der Waals surface area contributed by atoms with Gasteiger partial charge in [0.2, 0.25) is 0 Å². The third kappa shape index (κ3) is 2.08. The Hall–Kier alpha value is -0.340. The van der Waals surface area contributed by atoms with Crippen LogP contribution in [0.1, 0.15) is 44.2 Å². The summed E-state index contributed by atoms with van der Waals surface area (Å²) in [4.78, 5) is 2.61. The maximum atomic E-state index is 2.61. The summed E-state index contributed by atoms with van der Waals surface area (Å²) in [5, 5.41) is 0. The van der Waals surface area contributed by atoms with Crippen LogP contribution in [0.25, 0.3) is 0 Å². The van der Waals surface area contributed by atoms with Crippen LogP contribution in [-0.2, 0) is 11.8 Å². The van der Waals surface area contributed by atoms with E-state index in [4.69, 9.17) is 0 Å². The number of piperidine rings is 1. The Morgan fingerprint density at radius 3 is 2.68 bits per heavy atom. The highest BCUT2D eigenvalue weighted by molar-refractivity contribution is 8.93. The Morgan fingerprint density at radius 1 is 1.26 bits per heavy atom. The molecule has 19 heavy (non-hydrogen) atoms. The van der Waals surface area contributed by atoms with Crippen LogP contribution in [0.4, 0.5) is 0 Å². The molecule has 2 aliphatic rings. The molecule has 3 unspecified atom stereocenters. The number of halogens is 1. The summed E-state index contributed by atoms with van der Waals surface area (Å²) >= 11 is 0. The van der Waals surface area contributed by atoms with E-state index in [1.165, 1.54) is 32.2 Å². The fraction of sp³-hybridized carbons (Fsp3) is 0.647. The minimum atomic E-state index is 0. The molecular weight excluding hydrogens is 298 g/mol. The zero-order valence-electron chi connectivity index (χ0n) is 12.4. The average Bonchev–Trinajstić information content (AvgIpc) is 2.42. The second kappa shape index (κ2) is 5.57. The fourth-order valence-corrected chi connectivity index (χ4v) is 4.74. The molecule has 3 atom stereocenters. The van der Waals surface area contributed by atoms with Gasteiger partial charge in [0.1, 0.15) is 0 Å². The molecule has 1 aliphatic heterocycles. The molecule has 0 amide bonds. The summed E-state index contributed by atoms with van der Waals surface area (Å²) in [7, 11) is 2.32. The zero-order valence-corrected chi connectivity index (χ0v) is 14.1. The van der Waals surface area contributed by atoms with Gasteiger partial charge in [0.05, 0.1) is 0 Å². The second-order valence-electron chi connectivity index (χ2n) is 6.18. The van der Waals surface area contributed by atoms with E-state index in [-0.39, 0.29) is 17.0 Å². The van der Waals surface area contributed by atoms with Gasteiger partial charge in [-0.2, -0.15) is 0 Å². The number of likely N-dealkylation sites (tertiary alicyclic amines) is 1. The number of benzene rings is 1. The Bertz CT molecular complexity index is 445. The molecule has 0 saturated carbocycles. The number of hydrogen-bond donors (Lipinski definition) is 0. The molecule has 2 heteroatoms. The van der Waals surface area contributed by atoms with Gasteiger partial charge in [0.15, 0.2) is 0 Å². The fourth-order valence-electron chi connectivity index (χ4n) is 4.74. The lowest BCUT2D eigenvalue weighted by Gasteiger charge is -2.56.